The monoisotopic (exact) mass is 603 g/mol. The van der Waals surface area contributed by atoms with E-state index in [2.05, 4.69) is 0 Å². The molecule has 0 heterocycles. The molecule has 1 amide bonds. The molecular formula is C31H35Cl2NO7. The number of amides is 1. The lowest BCUT2D eigenvalue weighted by atomic mass is 10.1. The molecule has 0 spiro atoms. The molecule has 0 saturated heterocycles. The zero-order chi connectivity index (χ0) is 29.6. The number of carbonyl (C=O) groups excluding carboxylic acids is 1. The quantitative estimate of drug-likeness (QED) is 0.175. The molecule has 0 fully saturated rings. The van der Waals surface area contributed by atoms with Crippen LogP contribution in [-0.2, 0) is 16.0 Å². The van der Waals surface area contributed by atoms with Crippen molar-refractivity contribution in [1.82, 2.24) is 4.90 Å². The second-order valence-electron chi connectivity index (χ2n) is 9.26. The molecule has 1 unspecified atom stereocenters. The van der Waals surface area contributed by atoms with Gasteiger partial charge in [-0.15, -0.1) is 0 Å². The third-order valence-corrected chi connectivity index (χ3v) is 6.53. The molecule has 3 aromatic rings. The molecule has 0 aliphatic rings. The van der Waals surface area contributed by atoms with Crippen LogP contribution in [-0.4, -0.2) is 61.1 Å². The van der Waals surface area contributed by atoms with Crippen LogP contribution >= 0.6 is 23.2 Å². The van der Waals surface area contributed by atoms with Crippen molar-refractivity contribution in [3.05, 3.63) is 87.9 Å². The second-order valence-corrected chi connectivity index (χ2v) is 10.1. The normalized spacial score (nSPS) is 11.5. The van der Waals surface area contributed by atoms with Gasteiger partial charge in [-0.1, -0.05) is 53.5 Å². The summed E-state index contributed by atoms with van der Waals surface area (Å²) >= 11 is 12.1. The van der Waals surface area contributed by atoms with Crippen LogP contribution < -0.4 is 14.2 Å². The molecule has 1 atom stereocenters. The summed E-state index contributed by atoms with van der Waals surface area (Å²) in [5.74, 6) is 0.712. The molecule has 1 N–H and O–H groups in total. The van der Waals surface area contributed by atoms with E-state index in [1.165, 1.54) is 0 Å². The first-order chi connectivity index (χ1) is 19.7. The van der Waals surface area contributed by atoms with Gasteiger partial charge >= 0.3 is 12.1 Å². The Morgan fingerprint density at radius 1 is 0.878 bits per heavy atom. The van der Waals surface area contributed by atoms with Crippen LogP contribution in [0.4, 0.5) is 4.79 Å². The topological polar surface area (TPSA) is 94.5 Å². The Hall–Kier alpha value is -3.46. The predicted molar refractivity (Wildman–Crippen MR) is 159 cm³/mol. The van der Waals surface area contributed by atoms with Crippen molar-refractivity contribution < 1.29 is 33.6 Å². The molecule has 8 nitrogen and oxygen atoms in total. The highest BCUT2D eigenvalue weighted by atomic mass is 35.5. The predicted octanol–water partition coefficient (Wildman–Crippen LogP) is 7.07. The third-order valence-electron chi connectivity index (χ3n) is 6.09. The number of benzene rings is 3. The largest absolute Gasteiger partial charge is 0.493 e. The van der Waals surface area contributed by atoms with Gasteiger partial charge in [0, 0.05) is 29.6 Å². The highest BCUT2D eigenvalue weighted by molar-refractivity contribution is 6.34. The summed E-state index contributed by atoms with van der Waals surface area (Å²) in [6.07, 6.45) is 0.274. The molecule has 0 aromatic heterocycles. The highest BCUT2D eigenvalue weighted by Gasteiger charge is 2.19. The van der Waals surface area contributed by atoms with Crippen LogP contribution in [0.25, 0.3) is 0 Å². The maximum Gasteiger partial charge on any atom is 0.415 e. The molecule has 0 saturated carbocycles. The highest BCUT2D eigenvalue weighted by Crippen LogP contribution is 2.24. The van der Waals surface area contributed by atoms with E-state index in [1.807, 2.05) is 37.3 Å². The summed E-state index contributed by atoms with van der Waals surface area (Å²) in [7, 11) is 0. The maximum absolute atomic E-state index is 13.1. The van der Waals surface area contributed by atoms with E-state index in [0.29, 0.717) is 66.4 Å². The average Bonchev–Trinajstić information content (AvgIpc) is 2.93. The number of carbonyl (C=O) groups is 2. The number of aryl methyl sites for hydroxylation is 1. The van der Waals surface area contributed by atoms with Crippen molar-refractivity contribution in [3.63, 3.8) is 0 Å². The fraction of sp³-hybridized carbons (Fsp3) is 0.355. The average molecular weight is 605 g/mol. The van der Waals surface area contributed by atoms with Gasteiger partial charge in [0.1, 0.15) is 23.9 Å². The summed E-state index contributed by atoms with van der Waals surface area (Å²) < 4.78 is 22.6. The summed E-state index contributed by atoms with van der Waals surface area (Å²) in [6, 6.07) is 19.5. The van der Waals surface area contributed by atoms with Gasteiger partial charge in [-0.05, 0) is 74.2 Å². The molecule has 0 aliphatic carbocycles. The van der Waals surface area contributed by atoms with Crippen molar-refractivity contribution in [3.8, 4) is 17.2 Å². The van der Waals surface area contributed by atoms with Crippen LogP contribution in [0.3, 0.4) is 0 Å². The van der Waals surface area contributed by atoms with Gasteiger partial charge in [-0.25, -0.2) is 9.59 Å². The molecule has 3 rings (SSSR count). The lowest BCUT2D eigenvalue weighted by molar-refractivity contribution is -0.149. The van der Waals surface area contributed by atoms with Crippen molar-refractivity contribution in [2.75, 3.05) is 32.9 Å². The smallest absolute Gasteiger partial charge is 0.415 e. The maximum atomic E-state index is 13.1. The van der Waals surface area contributed by atoms with E-state index in [9.17, 15) is 14.7 Å². The Bertz CT molecular complexity index is 1250. The lowest BCUT2D eigenvalue weighted by Crippen LogP contribution is -2.37. The first-order valence-corrected chi connectivity index (χ1v) is 14.2. The van der Waals surface area contributed by atoms with Crippen molar-refractivity contribution >= 4 is 35.3 Å². The Labute approximate surface area is 250 Å². The number of unbranched alkanes of at least 4 members (excludes halogenated alkanes) is 1. The number of hydrogen-bond donors (Lipinski definition) is 1. The first-order valence-electron chi connectivity index (χ1n) is 13.4. The van der Waals surface area contributed by atoms with Crippen molar-refractivity contribution in [2.45, 2.75) is 39.2 Å². The zero-order valence-corrected chi connectivity index (χ0v) is 24.7. The van der Waals surface area contributed by atoms with Gasteiger partial charge in [0.25, 0.3) is 0 Å². The minimum absolute atomic E-state index is 0.246. The van der Waals surface area contributed by atoms with Gasteiger partial charge < -0.3 is 29.0 Å². The van der Waals surface area contributed by atoms with E-state index in [4.69, 9.17) is 42.1 Å². The van der Waals surface area contributed by atoms with E-state index in [-0.39, 0.29) is 13.0 Å². The fourth-order valence-corrected chi connectivity index (χ4v) is 4.46. The number of carboxylic acid groups (broad SMARTS) is 1. The van der Waals surface area contributed by atoms with Gasteiger partial charge in [-0.2, -0.15) is 0 Å². The van der Waals surface area contributed by atoms with Crippen LogP contribution in [0.2, 0.25) is 10.0 Å². The molecular weight excluding hydrogens is 569 g/mol. The fourth-order valence-electron chi connectivity index (χ4n) is 3.96. The lowest BCUT2D eigenvalue weighted by Gasteiger charge is -2.22. The Morgan fingerprint density at radius 3 is 2.22 bits per heavy atom. The number of rotatable bonds is 16. The van der Waals surface area contributed by atoms with E-state index in [0.717, 1.165) is 11.1 Å². The number of hydrogen-bond acceptors (Lipinski definition) is 6. The number of aliphatic carboxylic acids is 1. The molecule has 0 aliphatic heterocycles. The van der Waals surface area contributed by atoms with E-state index >= 15 is 0 Å². The molecule has 3 aromatic carbocycles. The van der Waals surface area contributed by atoms with E-state index < -0.39 is 18.2 Å². The van der Waals surface area contributed by atoms with Gasteiger partial charge in [0.2, 0.25) is 0 Å². The van der Waals surface area contributed by atoms with Crippen LogP contribution in [0.15, 0.2) is 66.7 Å². The molecule has 10 heteroatoms. The second kappa shape index (κ2) is 16.7. The number of nitrogens with zero attached hydrogens (tertiary/aromatic N) is 1. The van der Waals surface area contributed by atoms with Gasteiger partial charge in [0.05, 0.1) is 13.2 Å². The van der Waals surface area contributed by atoms with Crippen LogP contribution in [0.1, 0.15) is 30.9 Å². The Kier molecular flexibility index (Phi) is 13.1. The zero-order valence-electron chi connectivity index (χ0n) is 23.2. The van der Waals surface area contributed by atoms with Crippen molar-refractivity contribution in [1.29, 1.82) is 0 Å². The number of halogens is 2. The number of para-hydroxylation sites is 1. The Balaban J connectivity index is 1.53. The summed E-state index contributed by atoms with van der Waals surface area (Å²) in [6.45, 7) is 5.40. The Morgan fingerprint density at radius 2 is 1.56 bits per heavy atom. The molecule has 0 radical (unpaired) electrons. The van der Waals surface area contributed by atoms with Gasteiger partial charge in [-0.3, -0.25) is 0 Å². The molecule has 220 valence electrons. The minimum Gasteiger partial charge on any atom is -0.493 e. The minimum atomic E-state index is -0.995. The van der Waals surface area contributed by atoms with Gasteiger partial charge in [0.15, 0.2) is 6.10 Å². The third kappa shape index (κ3) is 11.1. The summed E-state index contributed by atoms with van der Waals surface area (Å²) in [5, 5.41) is 10.3. The van der Waals surface area contributed by atoms with Crippen molar-refractivity contribution in [2.24, 2.45) is 0 Å². The summed E-state index contributed by atoms with van der Waals surface area (Å²) in [5.41, 5.74) is 1.68. The molecule has 0 bridgehead atoms. The summed E-state index contributed by atoms with van der Waals surface area (Å²) in [4.78, 5) is 26.0. The van der Waals surface area contributed by atoms with Crippen LogP contribution in [0, 0.1) is 6.92 Å². The number of carboxylic acids is 1. The number of ether oxygens (including phenoxy) is 4. The van der Waals surface area contributed by atoms with E-state index in [1.54, 1.807) is 48.2 Å². The molecule has 41 heavy (non-hydrogen) atoms. The SMILES string of the molecule is CCOC(Cc1ccc(OCCN(CCCCOc2cc(Cl)cc(Cl)c2)C(=O)Oc2ccccc2C)cc1)C(=O)O. The standard InChI is InChI=1S/C31H35Cl2NO7/c1-3-38-29(30(35)36)18-23-10-12-26(13-11-23)40-17-15-34(31(37)41-28-9-5-4-8-22(28)2)14-6-7-16-39-27-20-24(32)19-25(33)21-27/h4-5,8-13,19-21,29H,3,6-7,14-18H2,1-2H3,(H,35,36). The first kappa shape index (κ1) is 32.1. The van der Waals surface area contributed by atoms with Crippen LogP contribution in [0.5, 0.6) is 17.2 Å².